The molecule has 3 aromatic rings. The summed E-state index contributed by atoms with van der Waals surface area (Å²) in [6, 6.07) is 33.3. The quantitative estimate of drug-likeness (QED) is 0.329. The van der Waals surface area contributed by atoms with E-state index < -0.39 is 14.1 Å². The molecule has 3 unspecified atom stereocenters. The summed E-state index contributed by atoms with van der Waals surface area (Å²) in [5.74, 6) is 1.97. The highest BCUT2D eigenvalue weighted by molar-refractivity contribution is 6.59. The summed E-state index contributed by atoms with van der Waals surface area (Å²) < 4.78 is 0. The van der Waals surface area contributed by atoms with Crippen LogP contribution in [0.1, 0.15) is 55.2 Å². The minimum absolute atomic E-state index is 0.656. The Bertz CT molecular complexity index is 685. The van der Waals surface area contributed by atoms with Gasteiger partial charge in [0.25, 0.3) is 14.1 Å². The van der Waals surface area contributed by atoms with Crippen LogP contribution >= 0.6 is 0 Å². The minimum atomic E-state index is -0.917. The first-order chi connectivity index (χ1) is 13.6. The monoisotopic (exact) mass is 384 g/mol. The summed E-state index contributed by atoms with van der Waals surface area (Å²) in [6.45, 7) is 7.28. The van der Waals surface area contributed by atoms with Crippen molar-refractivity contribution in [2.75, 3.05) is 0 Å². The molecule has 3 aromatic carbocycles. The van der Waals surface area contributed by atoms with Crippen molar-refractivity contribution in [2.45, 2.75) is 54.4 Å². The van der Waals surface area contributed by atoms with Gasteiger partial charge in [0.05, 0.1) is 0 Å². The van der Waals surface area contributed by atoms with Crippen molar-refractivity contribution >= 4 is 14.1 Å². The Morgan fingerprint density at radius 2 is 0.714 bits per heavy atom. The molecule has 0 nitrogen and oxygen atoms in total. The maximum absolute atomic E-state index is 2.43. The van der Waals surface area contributed by atoms with Crippen LogP contribution in [0.2, 0.25) is 15.8 Å². The number of hydrogen-bond donors (Lipinski definition) is 0. The van der Waals surface area contributed by atoms with E-state index >= 15 is 0 Å². The van der Waals surface area contributed by atoms with Crippen molar-refractivity contribution in [1.82, 2.24) is 0 Å². The summed E-state index contributed by atoms with van der Waals surface area (Å²) in [7, 11) is 0. The predicted octanol–water partition coefficient (Wildman–Crippen LogP) is 7.89. The van der Waals surface area contributed by atoms with Gasteiger partial charge in [-0.15, -0.1) is 0 Å². The summed E-state index contributed by atoms with van der Waals surface area (Å²) in [6.07, 6.45) is 0. The van der Waals surface area contributed by atoms with E-state index in [0.29, 0.717) is 17.8 Å². The molecule has 0 N–H and O–H groups in total. The number of rotatable bonds is 9. The number of benzene rings is 3. The molecule has 0 saturated heterocycles. The van der Waals surface area contributed by atoms with Gasteiger partial charge in [-0.25, -0.2) is 0 Å². The Balaban J connectivity index is 1.73. The van der Waals surface area contributed by atoms with E-state index in [1.165, 1.54) is 32.5 Å². The Morgan fingerprint density at radius 1 is 0.464 bits per heavy atom. The smallest absolute Gasteiger partial charge is 0.0872 e. The summed E-state index contributed by atoms with van der Waals surface area (Å²) in [4.78, 5) is 0. The van der Waals surface area contributed by atoms with Crippen molar-refractivity contribution in [1.29, 1.82) is 0 Å². The van der Waals surface area contributed by atoms with Gasteiger partial charge in [0, 0.05) is 0 Å². The first-order valence-electron chi connectivity index (χ1n) is 10.8. The second-order valence-electron chi connectivity index (χ2n) is 8.51. The van der Waals surface area contributed by atoms with E-state index in [2.05, 4.69) is 112 Å². The summed E-state index contributed by atoms with van der Waals surface area (Å²) >= 11 is -0.917. The molecule has 3 rings (SSSR count). The van der Waals surface area contributed by atoms with E-state index in [9.17, 15) is 0 Å². The van der Waals surface area contributed by atoms with Gasteiger partial charge in [-0.2, -0.15) is 0 Å². The average Bonchev–Trinajstić information content (AvgIpc) is 2.75. The van der Waals surface area contributed by atoms with Crippen LogP contribution < -0.4 is 0 Å². The summed E-state index contributed by atoms with van der Waals surface area (Å²) in [5, 5.41) is 4.16. The lowest BCUT2D eigenvalue weighted by Crippen LogP contribution is -2.20. The zero-order valence-corrected chi connectivity index (χ0v) is 18.7. The molecule has 0 saturated carbocycles. The second kappa shape index (κ2) is 10.7. The van der Waals surface area contributed by atoms with Gasteiger partial charge in [-0.1, -0.05) is 128 Å². The fourth-order valence-corrected chi connectivity index (χ4v) is 8.94. The Hall–Kier alpha value is -1.81. The highest BCUT2D eigenvalue weighted by Crippen LogP contribution is 2.33. The van der Waals surface area contributed by atoms with Gasteiger partial charge in [0.2, 0.25) is 0 Å². The van der Waals surface area contributed by atoms with Gasteiger partial charge in [0.15, 0.2) is 0 Å². The largest absolute Gasteiger partial charge is 0.263 e. The zero-order chi connectivity index (χ0) is 19.8. The van der Waals surface area contributed by atoms with Gasteiger partial charge in [0.1, 0.15) is 0 Å². The molecule has 0 aliphatic rings. The Labute approximate surface area is 176 Å². The van der Waals surface area contributed by atoms with Gasteiger partial charge >= 0.3 is 0 Å². The Kier molecular flexibility index (Phi) is 7.96. The van der Waals surface area contributed by atoms with E-state index in [1.807, 2.05) is 0 Å². The van der Waals surface area contributed by atoms with Crippen LogP contribution in [0.15, 0.2) is 91.0 Å². The first kappa shape index (κ1) is 20.9. The third-order valence-electron chi connectivity index (χ3n) is 6.17. The fourth-order valence-electron chi connectivity index (χ4n) is 4.54. The molecule has 0 amide bonds. The fraction of sp³-hybridized carbons (Fsp3) is 0.333. The van der Waals surface area contributed by atoms with Gasteiger partial charge in [-0.05, 0) is 34.4 Å². The molecular weight excluding hydrogens is 351 g/mol. The molecule has 0 radical (unpaired) electrons. The van der Waals surface area contributed by atoms with E-state index in [4.69, 9.17) is 0 Å². The molecule has 0 spiro atoms. The second-order valence-corrected chi connectivity index (χ2v) is 11.7. The highest BCUT2D eigenvalue weighted by atomic mass is 27.2. The van der Waals surface area contributed by atoms with Crippen molar-refractivity contribution in [2.24, 2.45) is 0 Å². The van der Waals surface area contributed by atoms with Crippen LogP contribution in [0, 0.1) is 0 Å². The van der Waals surface area contributed by atoms with Gasteiger partial charge in [-0.3, -0.25) is 0 Å². The third kappa shape index (κ3) is 6.10. The summed E-state index contributed by atoms with van der Waals surface area (Å²) in [5.41, 5.74) is 4.50. The molecule has 1 heteroatoms. The van der Waals surface area contributed by atoms with Crippen LogP contribution in [0.5, 0.6) is 0 Å². The van der Waals surface area contributed by atoms with Crippen molar-refractivity contribution < 1.29 is 0 Å². The molecule has 0 bridgehead atoms. The molecule has 0 fully saturated rings. The van der Waals surface area contributed by atoms with E-state index in [1.54, 1.807) is 0 Å². The van der Waals surface area contributed by atoms with Gasteiger partial charge < -0.3 is 0 Å². The van der Waals surface area contributed by atoms with Crippen LogP contribution in [-0.2, 0) is 0 Å². The zero-order valence-electron chi connectivity index (χ0n) is 17.6. The van der Waals surface area contributed by atoms with Crippen LogP contribution in [-0.4, -0.2) is 14.1 Å². The lowest BCUT2D eigenvalue weighted by atomic mass is 10.0. The van der Waals surface area contributed by atoms with Crippen molar-refractivity contribution in [3.05, 3.63) is 108 Å². The Morgan fingerprint density at radius 3 is 0.964 bits per heavy atom. The highest BCUT2D eigenvalue weighted by Gasteiger charge is 2.26. The molecular formula is C27H33Al. The molecule has 0 aromatic heterocycles. The lowest BCUT2D eigenvalue weighted by molar-refractivity contribution is 0.777. The van der Waals surface area contributed by atoms with E-state index in [-0.39, 0.29) is 0 Å². The maximum Gasteiger partial charge on any atom is 0.263 e. The standard InChI is InChI=1S/3C9H11.Al/c3*1-8(2)9-6-4-3-5-7-9;/h3*3-8H,1H2,2H3;. The normalized spacial score (nSPS) is 14.2. The first-order valence-corrected chi connectivity index (χ1v) is 13.2. The molecule has 28 heavy (non-hydrogen) atoms. The molecule has 3 atom stereocenters. The average molecular weight is 385 g/mol. The SMILES string of the molecule is CC([CH2][Al]([CH2]C(C)c1ccccc1)[CH2]C(C)c1ccccc1)c1ccccc1. The third-order valence-corrected chi connectivity index (χ3v) is 10.3. The molecule has 0 aliphatic carbocycles. The molecule has 144 valence electrons. The van der Waals surface area contributed by atoms with Crippen molar-refractivity contribution in [3.8, 4) is 0 Å². The lowest BCUT2D eigenvalue weighted by Gasteiger charge is -2.24. The topological polar surface area (TPSA) is 0 Å². The number of hydrogen-bond acceptors (Lipinski definition) is 0. The van der Waals surface area contributed by atoms with E-state index in [0.717, 1.165) is 0 Å². The van der Waals surface area contributed by atoms with Crippen LogP contribution in [0.25, 0.3) is 0 Å². The maximum atomic E-state index is 2.43. The molecule has 0 aliphatic heterocycles. The van der Waals surface area contributed by atoms with Crippen LogP contribution in [0.4, 0.5) is 0 Å². The predicted molar refractivity (Wildman–Crippen MR) is 125 cm³/mol. The van der Waals surface area contributed by atoms with Crippen LogP contribution in [0.3, 0.4) is 0 Å². The van der Waals surface area contributed by atoms with Crippen molar-refractivity contribution in [3.63, 3.8) is 0 Å². The minimum Gasteiger partial charge on any atom is -0.0872 e. The molecule has 0 heterocycles.